The standard InChI is InChI=1S/C21H23FN4O2/c1-13-16-3-2-4-17(20(23)27)19(16)21(28)26(13)15-6-9-25(10-7-15)12-14-5-8-24-11-18(14)22/h2-5,8,11,13,15H,6-7,9-10,12H2,1H3,(H2,23,27). The molecule has 146 valence electrons. The molecular weight excluding hydrogens is 359 g/mol. The van der Waals surface area contributed by atoms with Gasteiger partial charge in [0.2, 0.25) is 5.91 Å². The molecule has 2 amide bonds. The number of halogens is 1. The van der Waals surface area contributed by atoms with Crippen molar-refractivity contribution in [2.75, 3.05) is 13.1 Å². The number of aromatic nitrogens is 1. The number of primary amides is 1. The average molecular weight is 382 g/mol. The summed E-state index contributed by atoms with van der Waals surface area (Å²) in [6.45, 7) is 4.09. The molecule has 2 aromatic rings. The maximum atomic E-state index is 13.8. The molecule has 0 spiro atoms. The Balaban J connectivity index is 1.47. The lowest BCUT2D eigenvalue weighted by Gasteiger charge is -2.38. The van der Waals surface area contributed by atoms with Crippen LogP contribution in [-0.2, 0) is 6.54 Å². The van der Waals surface area contributed by atoms with Gasteiger partial charge in [-0.2, -0.15) is 0 Å². The summed E-state index contributed by atoms with van der Waals surface area (Å²) in [4.78, 5) is 32.7. The minimum atomic E-state index is -0.576. The van der Waals surface area contributed by atoms with Crippen LogP contribution in [0.25, 0.3) is 0 Å². The number of benzene rings is 1. The lowest BCUT2D eigenvalue weighted by molar-refractivity contribution is 0.0509. The summed E-state index contributed by atoms with van der Waals surface area (Å²) in [7, 11) is 0. The van der Waals surface area contributed by atoms with Crippen LogP contribution < -0.4 is 5.73 Å². The lowest BCUT2D eigenvalue weighted by Crippen LogP contribution is -2.45. The number of piperidine rings is 1. The number of likely N-dealkylation sites (tertiary alicyclic amines) is 1. The number of fused-ring (bicyclic) bond motifs is 1. The Morgan fingerprint density at radius 2 is 2.04 bits per heavy atom. The molecular formula is C21H23FN4O2. The highest BCUT2D eigenvalue weighted by atomic mass is 19.1. The van der Waals surface area contributed by atoms with E-state index in [1.807, 2.05) is 17.9 Å². The Kier molecular flexibility index (Phi) is 4.85. The third-order valence-corrected chi connectivity index (χ3v) is 5.88. The quantitative estimate of drug-likeness (QED) is 0.881. The first-order valence-corrected chi connectivity index (χ1v) is 9.53. The topological polar surface area (TPSA) is 79.5 Å². The van der Waals surface area contributed by atoms with Gasteiger partial charge in [0.25, 0.3) is 5.91 Å². The van der Waals surface area contributed by atoms with E-state index in [9.17, 15) is 14.0 Å². The van der Waals surface area contributed by atoms with Crippen LogP contribution in [0.2, 0.25) is 0 Å². The lowest BCUT2D eigenvalue weighted by atomic mass is 9.99. The van der Waals surface area contributed by atoms with E-state index in [1.54, 1.807) is 24.4 Å². The summed E-state index contributed by atoms with van der Waals surface area (Å²) >= 11 is 0. The number of hydrogen-bond donors (Lipinski definition) is 1. The first-order valence-electron chi connectivity index (χ1n) is 9.53. The van der Waals surface area contributed by atoms with Gasteiger partial charge in [0, 0.05) is 37.4 Å². The number of hydrogen-bond acceptors (Lipinski definition) is 4. The molecule has 1 atom stereocenters. The van der Waals surface area contributed by atoms with Gasteiger partial charge < -0.3 is 10.6 Å². The predicted octanol–water partition coefficient (Wildman–Crippen LogP) is 2.50. The van der Waals surface area contributed by atoms with E-state index in [0.717, 1.165) is 31.5 Å². The van der Waals surface area contributed by atoms with Gasteiger partial charge in [-0.3, -0.25) is 19.5 Å². The zero-order valence-electron chi connectivity index (χ0n) is 15.8. The minimum absolute atomic E-state index is 0.0870. The Hall–Kier alpha value is -2.80. The van der Waals surface area contributed by atoms with Crippen molar-refractivity contribution >= 4 is 11.8 Å². The summed E-state index contributed by atoms with van der Waals surface area (Å²) in [6.07, 6.45) is 4.45. The van der Waals surface area contributed by atoms with Crippen LogP contribution in [0.4, 0.5) is 4.39 Å². The fraction of sp³-hybridized carbons (Fsp3) is 0.381. The van der Waals surface area contributed by atoms with Crippen LogP contribution in [0.15, 0.2) is 36.7 Å². The predicted molar refractivity (Wildman–Crippen MR) is 102 cm³/mol. The van der Waals surface area contributed by atoms with Gasteiger partial charge in [-0.1, -0.05) is 12.1 Å². The molecule has 1 aromatic heterocycles. The number of nitrogens with two attached hydrogens (primary N) is 1. The van der Waals surface area contributed by atoms with Gasteiger partial charge in [0.05, 0.1) is 23.4 Å². The number of rotatable bonds is 4. The fourth-order valence-electron chi connectivity index (χ4n) is 4.43. The van der Waals surface area contributed by atoms with Crippen molar-refractivity contribution in [3.05, 3.63) is 64.7 Å². The van der Waals surface area contributed by atoms with Gasteiger partial charge in [-0.25, -0.2) is 4.39 Å². The second-order valence-corrected chi connectivity index (χ2v) is 7.50. The molecule has 3 heterocycles. The molecule has 2 N–H and O–H groups in total. The first kappa shape index (κ1) is 18.6. The molecule has 0 radical (unpaired) electrons. The number of carbonyl (C=O) groups is 2. The summed E-state index contributed by atoms with van der Waals surface area (Å²) in [5.41, 5.74) is 7.71. The summed E-state index contributed by atoms with van der Waals surface area (Å²) in [5.74, 6) is -0.980. The molecule has 1 saturated heterocycles. The molecule has 1 fully saturated rings. The SMILES string of the molecule is CC1c2cccc(C(N)=O)c2C(=O)N1C1CCN(Cc2ccncc2F)CC1. The van der Waals surface area contributed by atoms with Crippen molar-refractivity contribution in [1.29, 1.82) is 0 Å². The normalized spacial score (nSPS) is 20.4. The monoisotopic (exact) mass is 382 g/mol. The second kappa shape index (κ2) is 7.31. The van der Waals surface area contributed by atoms with Crippen molar-refractivity contribution in [2.24, 2.45) is 5.73 Å². The van der Waals surface area contributed by atoms with Crippen LogP contribution in [0.1, 0.15) is 57.7 Å². The summed E-state index contributed by atoms with van der Waals surface area (Å²) in [6, 6.07) is 6.99. The van der Waals surface area contributed by atoms with Crippen LogP contribution in [0, 0.1) is 5.82 Å². The largest absolute Gasteiger partial charge is 0.366 e. The molecule has 4 rings (SSSR count). The first-order chi connectivity index (χ1) is 13.5. The van der Waals surface area contributed by atoms with Gasteiger partial charge in [-0.15, -0.1) is 0 Å². The number of pyridine rings is 1. The van der Waals surface area contributed by atoms with E-state index in [-0.39, 0.29) is 23.8 Å². The van der Waals surface area contributed by atoms with Crippen molar-refractivity contribution in [3.63, 3.8) is 0 Å². The van der Waals surface area contributed by atoms with E-state index in [4.69, 9.17) is 5.73 Å². The van der Waals surface area contributed by atoms with Crippen molar-refractivity contribution in [1.82, 2.24) is 14.8 Å². The zero-order valence-corrected chi connectivity index (χ0v) is 15.8. The minimum Gasteiger partial charge on any atom is -0.366 e. The number of carbonyl (C=O) groups excluding carboxylic acids is 2. The highest BCUT2D eigenvalue weighted by Crippen LogP contribution is 2.38. The molecule has 1 aromatic carbocycles. The molecule has 2 aliphatic rings. The van der Waals surface area contributed by atoms with Crippen LogP contribution >= 0.6 is 0 Å². The third kappa shape index (κ3) is 3.16. The van der Waals surface area contributed by atoms with Crippen LogP contribution in [0.3, 0.4) is 0 Å². The molecule has 0 saturated carbocycles. The molecule has 1 unspecified atom stereocenters. The van der Waals surface area contributed by atoms with E-state index in [1.165, 1.54) is 6.20 Å². The van der Waals surface area contributed by atoms with Gasteiger partial charge in [0.1, 0.15) is 5.82 Å². The number of nitrogens with zero attached hydrogens (tertiary/aromatic N) is 3. The molecule has 7 heteroatoms. The van der Waals surface area contributed by atoms with Crippen molar-refractivity contribution < 1.29 is 14.0 Å². The Morgan fingerprint density at radius 1 is 1.29 bits per heavy atom. The Morgan fingerprint density at radius 3 is 2.71 bits per heavy atom. The fourth-order valence-corrected chi connectivity index (χ4v) is 4.43. The van der Waals surface area contributed by atoms with Gasteiger partial charge in [-0.05, 0) is 37.5 Å². The Labute approximate surface area is 163 Å². The maximum Gasteiger partial charge on any atom is 0.255 e. The molecule has 0 aliphatic carbocycles. The summed E-state index contributed by atoms with van der Waals surface area (Å²) in [5, 5.41) is 0. The zero-order chi connectivity index (χ0) is 19.8. The molecule has 28 heavy (non-hydrogen) atoms. The van der Waals surface area contributed by atoms with Crippen LogP contribution in [-0.4, -0.2) is 45.7 Å². The van der Waals surface area contributed by atoms with Gasteiger partial charge >= 0.3 is 0 Å². The molecule has 2 aliphatic heterocycles. The Bertz CT molecular complexity index is 924. The maximum absolute atomic E-state index is 13.8. The van der Waals surface area contributed by atoms with Crippen LogP contribution in [0.5, 0.6) is 0 Å². The van der Waals surface area contributed by atoms with E-state index in [0.29, 0.717) is 23.2 Å². The second-order valence-electron chi connectivity index (χ2n) is 7.50. The molecule has 6 nitrogen and oxygen atoms in total. The van der Waals surface area contributed by atoms with E-state index in [2.05, 4.69) is 9.88 Å². The number of amides is 2. The molecule has 0 bridgehead atoms. The van der Waals surface area contributed by atoms with E-state index >= 15 is 0 Å². The highest BCUT2D eigenvalue weighted by Gasteiger charge is 2.41. The van der Waals surface area contributed by atoms with Gasteiger partial charge in [0.15, 0.2) is 0 Å². The summed E-state index contributed by atoms with van der Waals surface area (Å²) < 4.78 is 13.8. The third-order valence-electron chi connectivity index (χ3n) is 5.88. The van der Waals surface area contributed by atoms with E-state index < -0.39 is 5.91 Å². The highest BCUT2D eigenvalue weighted by molar-refractivity contribution is 6.09. The van der Waals surface area contributed by atoms with Crippen molar-refractivity contribution in [3.8, 4) is 0 Å². The smallest absolute Gasteiger partial charge is 0.255 e. The average Bonchev–Trinajstić information content (AvgIpc) is 2.95. The van der Waals surface area contributed by atoms with Crippen molar-refractivity contribution in [2.45, 2.75) is 38.4 Å².